The van der Waals surface area contributed by atoms with Crippen molar-refractivity contribution < 1.29 is 23.8 Å². The molecule has 7 heteroatoms. The SMILES string of the molecule is Cc1ccc(SCC(=O)OCC(=O)N[C@H](C)c2ccc3c(c2)OCO3)c(C)c1. The summed E-state index contributed by atoms with van der Waals surface area (Å²) >= 11 is 1.41. The molecule has 1 atom stereocenters. The maximum Gasteiger partial charge on any atom is 0.316 e. The highest BCUT2D eigenvalue weighted by Gasteiger charge is 2.17. The van der Waals surface area contributed by atoms with Gasteiger partial charge < -0.3 is 19.5 Å². The van der Waals surface area contributed by atoms with E-state index in [0.29, 0.717) is 11.5 Å². The summed E-state index contributed by atoms with van der Waals surface area (Å²) < 4.78 is 15.7. The minimum atomic E-state index is -0.421. The van der Waals surface area contributed by atoms with Crippen LogP contribution in [-0.4, -0.2) is 31.0 Å². The third-order valence-corrected chi connectivity index (χ3v) is 5.46. The molecule has 0 saturated carbocycles. The van der Waals surface area contributed by atoms with Gasteiger partial charge in [-0.15, -0.1) is 11.8 Å². The fraction of sp³-hybridized carbons (Fsp3) is 0.333. The topological polar surface area (TPSA) is 73.9 Å². The van der Waals surface area contributed by atoms with Crippen LogP contribution >= 0.6 is 11.8 Å². The van der Waals surface area contributed by atoms with Crippen LogP contribution in [0.4, 0.5) is 0 Å². The Morgan fingerprint density at radius 3 is 2.71 bits per heavy atom. The number of amides is 1. The van der Waals surface area contributed by atoms with E-state index in [1.54, 1.807) is 0 Å². The summed E-state index contributed by atoms with van der Waals surface area (Å²) in [6.07, 6.45) is 0. The van der Waals surface area contributed by atoms with Crippen LogP contribution in [-0.2, 0) is 14.3 Å². The first-order valence-corrected chi connectivity index (χ1v) is 9.95. The lowest BCUT2D eigenvalue weighted by atomic mass is 10.1. The summed E-state index contributed by atoms with van der Waals surface area (Å²) in [4.78, 5) is 25.0. The van der Waals surface area contributed by atoms with E-state index >= 15 is 0 Å². The van der Waals surface area contributed by atoms with Gasteiger partial charge in [0, 0.05) is 4.90 Å². The minimum Gasteiger partial charge on any atom is -0.455 e. The molecular weight excluding hydrogens is 378 g/mol. The van der Waals surface area contributed by atoms with Gasteiger partial charge in [-0.3, -0.25) is 9.59 Å². The molecule has 3 rings (SSSR count). The highest BCUT2D eigenvalue weighted by Crippen LogP contribution is 2.34. The summed E-state index contributed by atoms with van der Waals surface area (Å²) in [6.45, 7) is 5.79. The smallest absolute Gasteiger partial charge is 0.316 e. The van der Waals surface area contributed by atoms with E-state index in [9.17, 15) is 9.59 Å². The molecule has 0 unspecified atom stereocenters. The molecule has 2 aromatic rings. The number of rotatable bonds is 7. The molecule has 1 aliphatic heterocycles. The summed E-state index contributed by atoms with van der Waals surface area (Å²) in [6, 6.07) is 11.3. The number of fused-ring (bicyclic) bond motifs is 1. The lowest BCUT2D eigenvalue weighted by molar-refractivity contribution is -0.146. The Morgan fingerprint density at radius 1 is 1.14 bits per heavy atom. The van der Waals surface area contributed by atoms with Gasteiger partial charge in [0.15, 0.2) is 18.1 Å². The highest BCUT2D eigenvalue weighted by atomic mass is 32.2. The molecule has 148 valence electrons. The number of thioether (sulfide) groups is 1. The molecule has 1 amide bonds. The Hall–Kier alpha value is -2.67. The molecule has 0 bridgehead atoms. The molecule has 28 heavy (non-hydrogen) atoms. The molecule has 0 fully saturated rings. The lowest BCUT2D eigenvalue weighted by Crippen LogP contribution is -2.31. The highest BCUT2D eigenvalue weighted by molar-refractivity contribution is 8.00. The number of benzene rings is 2. The predicted octanol–water partition coefficient (Wildman–Crippen LogP) is 3.54. The molecule has 0 radical (unpaired) electrons. The van der Waals surface area contributed by atoms with Crippen molar-refractivity contribution >= 4 is 23.6 Å². The average Bonchev–Trinajstić information content (AvgIpc) is 3.13. The van der Waals surface area contributed by atoms with E-state index < -0.39 is 5.97 Å². The first-order valence-electron chi connectivity index (χ1n) is 8.97. The van der Waals surface area contributed by atoms with E-state index in [2.05, 4.69) is 11.4 Å². The Morgan fingerprint density at radius 2 is 1.93 bits per heavy atom. The van der Waals surface area contributed by atoms with Crippen LogP contribution in [0, 0.1) is 13.8 Å². The molecule has 1 aliphatic rings. The zero-order valence-electron chi connectivity index (χ0n) is 16.1. The second kappa shape index (κ2) is 9.01. The predicted molar refractivity (Wildman–Crippen MR) is 107 cm³/mol. The van der Waals surface area contributed by atoms with Crippen LogP contribution in [0.25, 0.3) is 0 Å². The zero-order valence-corrected chi connectivity index (χ0v) is 16.9. The van der Waals surface area contributed by atoms with Crippen molar-refractivity contribution in [3.63, 3.8) is 0 Å². The Kier molecular flexibility index (Phi) is 6.46. The normalized spacial score (nSPS) is 13.1. The third-order valence-electron chi connectivity index (χ3n) is 4.31. The number of hydrogen-bond donors (Lipinski definition) is 1. The van der Waals surface area contributed by atoms with Crippen molar-refractivity contribution in [2.45, 2.75) is 31.7 Å². The van der Waals surface area contributed by atoms with Crippen molar-refractivity contribution in [3.05, 3.63) is 53.1 Å². The number of ether oxygens (including phenoxy) is 3. The monoisotopic (exact) mass is 401 g/mol. The van der Waals surface area contributed by atoms with Gasteiger partial charge in [0.1, 0.15) is 0 Å². The molecule has 6 nitrogen and oxygen atoms in total. The first kappa shape index (κ1) is 20.1. The number of carbonyl (C=O) groups excluding carboxylic acids is 2. The van der Waals surface area contributed by atoms with Crippen LogP contribution in [0.15, 0.2) is 41.3 Å². The van der Waals surface area contributed by atoms with E-state index in [4.69, 9.17) is 14.2 Å². The molecule has 0 aromatic heterocycles. The van der Waals surface area contributed by atoms with Crippen molar-refractivity contribution in [2.24, 2.45) is 0 Å². The van der Waals surface area contributed by atoms with E-state index in [1.807, 2.05) is 51.1 Å². The van der Waals surface area contributed by atoms with Crippen molar-refractivity contribution in [2.75, 3.05) is 19.2 Å². The summed E-state index contributed by atoms with van der Waals surface area (Å²) in [7, 11) is 0. The molecule has 0 spiro atoms. The van der Waals surface area contributed by atoms with Gasteiger partial charge >= 0.3 is 5.97 Å². The lowest BCUT2D eigenvalue weighted by Gasteiger charge is -2.15. The van der Waals surface area contributed by atoms with Crippen LogP contribution in [0.1, 0.15) is 29.7 Å². The largest absolute Gasteiger partial charge is 0.455 e. The maximum absolute atomic E-state index is 12.1. The fourth-order valence-corrected chi connectivity index (χ4v) is 3.64. The summed E-state index contributed by atoms with van der Waals surface area (Å²) in [5.41, 5.74) is 3.18. The Labute approximate surface area is 168 Å². The van der Waals surface area contributed by atoms with Crippen LogP contribution < -0.4 is 14.8 Å². The van der Waals surface area contributed by atoms with Gasteiger partial charge in [-0.05, 0) is 50.1 Å². The average molecular weight is 401 g/mol. The molecular formula is C21H23NO5S. The van der Waals surface area contributed by atoms with Crippen LogP contribution in [0.5, 0.6) is 11.5 Å². The standard InChI is InChI=1S/C21H23NO5S/c1-13-4-7-19(14(2)8-13)28-11-21(24)25-10-20(23)22-15(3)16-5-6-17-18(9-16)27-12-26-17/h4-9,15H,10-12H2,1-3H3,(H,22,23)/t15-/m1/s1. The van der Waals surface area contributed by atoms with Crippen LogP contribution in [0.3, 0.4) is 0 Å². The molecule has 0 saturated heterocycles. The fourth-order valence-electron chi connectivity index (χ4n) is 2.83. The number of nitrogens with one attached hydrogen (secondary N) is 1. The number of esters is 1. The summed E-state index contributed by atoms with van der Waals surface area (Å²) in [5.74, 6) is 0.742. The van der Waals surface area contributed by atoms with Crippen LogP contribution in [0.2, 0.25) is 0 Å². The van der Waals surface area contributed by atoms with Gasteiger partial charge in [-0.2, -0.15) is 0 Å². The van der Waals surface area contributed by atoms with Gasteiger partial charge in [0.2, 0.25) is 6.79 Å². The van der Waals surface area contributed by atoms with Crippen molar-refractivity contribution in [1.82, 2.24) is 5.32 Å². The van der Waals surface area contributed by atoms with Crippen molar-refractivity contribution in [1.29, 1.82) is 0 Å². The minimum absolute atomic E-state index is 0.162. The second-order valence-electron chi connectivity index (χ2n) is 6.62. The summed E-state index contributed by atoms with van der Waals surface area (Å²) in [5, 5.41) is 2.81. The van der Waals surface area contributed by atoms with E-state index in [-0.39, 0.29) is 31.1 Å². The molecule has 1 heterocycles. The quantitative estimate of drug-likeness (QED) is 0.565. The molecule has 0 aliphatic carbocycles. The second-order valence-corrected chi connectivity index (χ2v) is 7.64. The van der Waals surface area contributed by atoms with E-state index in [1.165, 1.54) is 17.3 Å². The number of aryl methyl sites for hydroxylation is 2. The maximum atomic E-state index is 12.1. The molecule has 2 aromatic carbocycles. The third kappa shape index (κ3) is 5.19. The Bertz CT molecular complexity index is 883. The first-order chi connectivity index (χ1) is 13.4. The van der Waals surface area contributed by atoms with E-state index in [0.717, 1.165) is 16.0 Å². The Balaban J connectivity index is 1.42. The van der Waals surface area contributed by atoms with Crippen molar-refractivity contribution in [3.8, 4) is 11.5 Å². The van der Waals surface area contributed by atoms with Gasteiger partial charge in [0.25, 0.3) is 5.91 Å². The number of carbonyl (C=O) groups is 2. The van der Waals surface area contributed by atoms with Gasteiger partial charge in [0.05, 0.1) is 11.8 Å². The van der Waals surface area contributed by atoms with Gasteiger partial charge in [-0.25, -0.2) is 0 Å². The molecule has 1 N–H and O–H groups in total. The number of hydrogen-bond acceptors (Lipinski definition) is 6. The van der Waals surface area contributed by atoms with Gasteiger partial charge in [-0.1, -0.05) is 23.8 Å². The zero-order chi connectivity index (χ0) is 20.1.